The van der Waals surface area contributed by atoms with Crippen molar-refractivity contribution in [3.05, 3.63) is 53.5 Å². The van der Waals surface area contributed by atoms with E-state index in [4.69, 9.17) is 0 Å². The number of rotatable bonds is 5. The summed E-state index contributed by atoms with van der Waals surface area (Å²) >= 11 is 0. The summed E-state index contributed by atoms with van der Waals surface area (Å²) in [5.41, 5.74) is 1.62. The van der Waals surface area contributed by atoms with Crippen LogP contribution in [0.5, 0.6) is 0 Å². The Kier molecular flexibility index (Phi) is 4.87. The van der Waals surface area contributed by atoms with Gasteiger partial charge in [0, 0.05) is 18.4 Å². The maximum atomic E-state index is 13.3. The SMILES string of the molecule is CCCNc1ccc(C(=O)Nc2cc(C)cc(F)c2)cn1. The average Bonchev–Trinajstić information content (AvgIpc) is 2.44. The van der Waals surface area contributed by atoms with Crippen LogP contribution in [-0.4, -0.2) is 17.4 Å². The lowest BCUT2D eigenvalue weighted by Gasteiger charge is -2.07. The molecule has 0 aliphatic rings. The molecule has 2 N–H and O–H groups in total. The van der Waals surface area contributed by atoms with Gasteiger partial charge in [-0.2, -0.15) is 0 Å². The Balaban J connectivity index is 2.06. The number of pyridine rings is 1. The zero-order valence-electron chi connectivity index (χ0n) is 12.1. The standard InChI is InChI=1S/C16H18FN3O/c1-3-6-18-15-5-4-12(10-19-15)16(21)20-14-8-11(2)7-13(17)9-14/h4-5,7-10H,3,6H2,1-2H3,(H,18,19)(H,20,21). The smallest absolute Gasteiger partial charge is 0.257 e. The van der Waals surface area contributed by atoms with Crippen molar-refractivity contribution in [1.29, 1.82) is 0 Å². The van der Waals surface area contributed by atoms with E-state index in [1.54, 1.807) is 25.1 Å². The van der Waals surface area contributed by atoms with Crippen LogP contribution in [0.2, 0.25) is 0 Å². The van der Waals surface area contributed by atoms with Gasteiger partial charge in [0.15, 0.2) is 0 Å². The summed E-state index contributed by atoms with van der Waals surface area (Å²) in [6, 6.07) is 7.85. The fourth-order valence-corrected chi connectivity index (χ4v) is 1.90. The van der Waals surface area contributed by atoms with Crippen LogP contribution < -0.4 is 10.6 Å². The molecular weight excluding hydrogens is 269 g/mol. The molecule has 0 saturated carbocycles. The van der Waals surface area contributed by atoms with Crippen LogP contribution in [0.15, 0.2) is 36.5 Å². The Hall–Kier alpha value is -2.43. The zero-order chi connectivity index (χ0) is 15.2. The van der Waals surface area contributed by atoms with Crippen LogP contribution in [0.25, 0.3) is 0 Å². The predicted molar refractivity (Wildman–Crippen MR) is 82.1 cm³/mol. The van der Waals surface area contributed by atoms with E-state index in [1.165, 1.54) is 18.3 Å². The van der Waals surface area contributed by atoms with Crippen molar-refractivity contribution in [3.63, 3.8) is 0 Å². The summed E-state index contributed by atoms with van der Waals surface area (Å²) in [5.74, 6) is 0.0482. The molecule has 1 aromatic carbocycles. The molecule has 0 atom stereocenters. The second-order valence-electron chi connectivity index (χ2n) is 4.83. The highest BCUT2D eigenvalue weighted by atomic mass is 19.1. The maximum Gasteiger partial charge on any atom is 0.257 e. The third kappa shape index (κ3) is 4.27. The molecule has 0 aliphatic heterocycles. The number of hydrogen-bond acceptors (Lipinski definition) is 3. The third-order valence-corrected chi connectivity index (χ3v) is 2.88. The minimum Gasteiger partial charge on any atom is -0.370 e. The average molecular weight is 287 g/mol. The largest absolute Gasteiger partial charge is 0.370 e. The number of carbonyl (C=O) groups is 1. The summed E-state index contributed by atoms with van der Waals surface area (Å²) in [5, 5.41) is 5.80. The second kappa shape index (κ2) is 6.83. The first-order chi connectivity index (χ1) is 10.1. The van der Waals surface area contributed by atoms with Crippen molar-refractivity contribution in [2.24, 2.45) is 0 Å². The Bertz CT molecular complexity index is 606. The van der Waals surface area contributed by atoms with Gasteiger partial charge in [-0.3, -0.25) is 4.79 Å². The van der Waals surface area contributed by atoms with E-state index < -0.39 is 0 Å². The lowest BCUT2D eigenvalue weighted by Crippen LogP contribution is -2.13. The molecule has 1 heterocycles. The van der Waals surface area contributed by atoms with Crippen molar-refractivity contribution >= 4 is 17.4 Å². The zero-order valence-corrected chi connectivity index (χ0v) is 12.1. The van der Waals surface area contributed by atoms with Gasteiger partial charge >= 0.3 is 0 Å². The summed E-state index contributed by atoms with van der Waals surface area (Å²) in [6.45, 7) is 4.67. The van der Waals surface area contributed by atoms with E-state index in [1.807, 2.05) is 0 Å². The molecular formula is C16H18FN3O. The van der Waals surface area contributed by atoms with Crippen molar-refractivity contribution in [2.75, 3.05) is 17.2 Å². The molecule has 5 heteroatoms. The topological polar surface area (TPSA) is 54.0 Å². The van der Waals surface area contributed by atoms with E-state index in [-0.39, 0.29) is 11.7 Å². The summed E-state index contributed by atoms with van der Waals surface area (Å²) in [6.07, 6.45) is 2.50. The molecule has 0 aliphatic carbocycles. The molecule has 0 unspecified atom stereocenters. The normalized spacial score (nSPS) is 10.2. The Morgan fingerprint density at radius 1 is 1.29 bits per heavy atom. The molecule has 21 heavy (non-hydrogen) atoms. The van der Waals surface area contributed by atoms with Gasteiger partial charge in [-0.25, -0.2) is 9.37 Å². The van der Waals surface area contributed by atoms with Gasteiger partial charge in [-0.15, -0.1) is 0 Å². The monoisotopic (exact) mass is 287 g/mol. The molecule has 0 spiro atoms. The number of amides is 1. The highest BCUT2D eigenvalue weighted by Crippen LogP contribution is 2.15. The lowest BCUT2D eigenvalue weighted by atomic mass is 10.2. The molecule has 2 rings (SSSR count). The highest BCUT2D eigenvalue weighted by molar-refractivity contribution is 6.04. The number of halogens is 1. The van der Waals surface area contributed by atoms with Crippen LogP contribution in [0, 0.1) is 12.7 Å². The van der Waals surface area contributed by atoms with E-state index in [9.17, 15) is 9.18 Å². The second-order valence-corrected chi connectivity index (χ2v) is 4.83. The number of carbonyl (C=O) groups excluding carboxylic acids is 1. The number of aryl methyl sites for hydroxylation is 1. The summed E-state index contributed by atoms with van der Waals surface area (Å²) in [4.78, 5) is 16.2. The predicted octanol–water partition coefficient (Wildman–Crippen LogP) is 3.60. The van der Waals surface area contributed by atoms with Crippen molar-refractivity contribution in [2.45, 2.75) is 20.3 Å². The Labute approximate surface area is 123 Å². The Morgan fingerprint density at radius 3 is 2.71 bits per heavy atom. The lowest BCUT2D eigenvalue weighted by molar-refractivity contribution is 0.102. The minimum absolute atomic E-state index is 0.311. The van der Waals surface area contributed by atoms with E-state index >= 15 is 0 Å². The molecule has 1 amide bonds. The van der Waals surface area contributed by atoms with E-state index in [0.717, 1.165) is 24.3 Å². The fraction of sp³-hybridized carbons (Fsp3) is 0.250. The van der Waals surface area contributed by atoms with Crippen molar-refractivity contribution in [1.82, 2.24) is 4.98 Å². The van der Waals surface area contributed by atoms with Crippen molar-refractivity contribution in [3.8, 4) is 0 Å². The van der Waals surface area contributed by atoms with Gasteiger partial charge in [0.05, 0.1) is 5.56 Å². The molecule has 110 valence electrons. The third-order valence-electron chi connectivity index (χ3n) is 2.88. The Morgan fingerprint density at radius 2 is 2.10 bits per heavy atom. The van der Waals surface area contributed by atoms with Gasteiger partial charge in [0.1, 0.15) is 11.6 Å². The summed E-state index contributed by atoms with van der Waals surface area (Å²) in [7, 11) is 0. The first-order valence-corrected chi connectivity index (χ1v) is 6.87. The molecule has 4 nitrogen and oxygen atoms in total. The number of nitrogens with zero attached hydrogens (tertiary/aromatic N) is 1. The first-order valence-electron chi connectivity index (χ1n) is 6.87. The molecule has 0 bridgehead atoms. The first kappa shape index (κ1) is 15.0. The van der Waals surface area contributed by atoms with Crippen LogP contribution in [0.3, 0.4) is 0 Å². The highest BCUT2D eigenvalue weighted by Gasteiger charge is 2.08. The quantitative estimate of drug-likeness (QED) is 0.883. The number of aromatic nitrogens is 1. The fourth-order valence-electron chi connectivity index (χ4n) is 1.90. The van der Waals surface area contributed by atoms with Gasteiger partial charge < -0.3 is 10.6 Å². The number of anilines is 2. The molecule has 2 aromatic rings. The minimum atomic E-state index is -0.373. The number of benzene rings is 1. The van der Waals surface area contributed by atoms with Crippen LogP contribution in [0.4, 0.5) is 15.9 Å². The van der Waals surface area contributed by atoms with Crippen LogP contribution in [0.1, 0.15) is 29.3 Å². The van der Waals surface area contributed by atoms with Crippen LogP contribution >= 0.6 is 0 Å². The molecule has 0 saturated heterocycles. The molecule has 0 radical (unpaired) electrons. The van der Waals surface area contributed by atoms with Gasteiger partial charge in [-0.1, -0.05) is 6.92 Å². The van der Waals surface area contributed by atoms with E-state index in [0.29, 0.717) is 11.3 Å². The molecule has 1 aromatic heterocycles. The van der Waals surface area contributed by atoms with Crippen molar-refractivity contribution < 1.29 is 9.18 Å². The van der Waals surface area contributed by atoms with Gasteiger partial charge in [0.2, 0.25) is 0 Å². The number of hydrogen-bond donors (Lipinski definition) is 2. The van der Waals surface area contributed by atoms with Crippen LogP contribution in [-0.2, 0) is 0 Å². The van der Waals surface area contributed by atoms with Gasteiger partial charge in [-0.05, 0) is 49.2 Å². The van der Waals surface area contributed by atoms with E-state index in [2.05, 4.69) is 22.5 Å². The van der Waals surface area contributed by atoms with Gasteiger partial charge in [0.25, 0.3) is 5.91 Å². The molecule has 0 fully saturated rings. The maximum absolute atomic E-state index is 13.3. The number of nitrogens with one attached hydrogen (secondary N) is 2. The summed E-state index contributed by atoms with van der Waals surface area (Å²) < 4.78 is 13.3.